The van der Waals surface area contributed by atoms with E-state index in [-0.39, 0.29) is 24.2 Å². The number of anilines is 1. The fraction of sp³-hybridized carbons (Fsp3) is 0.261. The van der Waals surface area contributed by atoms with Gasteiger partial charge in [0.1, 0.15) is 11.8 Å². The molecule has 2 amide bonds. The first-order chi connectivity index (χ1) is 14.5. The molecule has 1 aromatic heterocycles. The van der Waals surface area contributed by atoms with E-state index in [4.69, 9.17) is 4.74 Å². The van der Waals surface area contributed by atoms with Gasteiger partial charge in [0.15, 0.2) is 12.4 Å². The number of carbonyl (C=O) groups excluding carboxylic acids is 3. The molecule has 0 saturated heterocycles. The zero-order chi connectivity index (χ0) is 21.3. The lowest BCUT2D eigenvalue weighted by molar-refractivity contribution is -0.127. The Balaban J connectivity index is 1.46. The minimum absolute atomic E-state index is 0.119. The van der Waals surface area contributed by atoms with Crippen LogP contribution in [0.1, 0.15) is 29.8 Å². The average molecular weight is 405 g/mol. The number of hydrogen-bond acceptors (Lipinski definition) is 4. The highest BCUT2D eigenvalue weighted by Gasteiger charge is 2.33. The maximum absolute atomic E-state index is 12.8. The Kier molecular flexibility index (Phi) is 5.27. The molecule has 4 rings (SSSR count). The molecule has 1 atom stereocenters. The van der Waals surface area contributed by atoms with Crippen LogP contribution >= 0.6 is 0 Å². The number of benzene rings is 2. The minimum atomic E-state index is -0.731. The number of rotatable bonds is 6. The molecule has 7 heteroatoms. The van der Waals surface area contributed by atoms with Gasteiger partial charge in [0.25, 0.3) is 5.91 Å². The fourth-order valence-electron chi connectivity index (χ4n) is 3.74. The first-order valence-electron chi connectivity index (χ1n) is 9.88. The van der Waals surface area contributed by atoms with E-state index < -0.39 is 6.04 Å². The molecule has 2 heterocycles. The number of carbonyl (C=O) groups is 3. The number of aromatic amines is 1. The van der Waals surface area contributed by atoms with Crippen LogP contribution in [0.2, 0.25) is 0 Å². The van der Waals surface area contributed by atoms with Gasteiger partial charge in [-0.2, -0.15) is 0 Å². The predicted octanol–water partition coefficient (Wildman–Crippen LogP) is 2.84. The molecule has 2 N–H and O–H groups in total. The lowest BCUT2D eigenvalue weighted by Crippen LogP contribution is -2.51. The quantitative estimate of drug-likeness (QED) is 0.617. The van der Waals surface area contributed by atoms with Gasteiger partial charge in [-0.3, -0.25) is 19.3 Å². The SMILES string of the molecule is CC(=O)c1ccc2c(c1)N(C(C)C(=O)NCCc1c[nH]c3ccccc13)C(=O)CO2. The van der Waals surface area contributed by atoms with E-state index in [0.29, 0.717) is 30.0 Å². The van der Waals surface area contributed by atoms with Crippen LogP contribution in [0.4, 0.5) is 5.69 Å². The Morgan fingerprint density at radius 2 is 2.03 bits per heavy atom. The van der Waals surface area contributed by atoms with Crippen LogP contribution in [0.5, 0.6) is 5.75 Å². The van der Waals surface area contributed by atoms with E-state index in [1.165, 1.54) is 11.8 Å². The molecule has 1 aliphatic heterocycles. The maximum atomic E-state index is 12.8. The lowest BCUT2D eigenvalue weighted by atomic mass is 10.1. The number of H-pyrrole nitrogens is 1. The smallest absolute Gasteiger partial charge is 0.265 e. The Bertz CT molecular complexity index is 1130. The van der Waals surface area contributed by atoms with E-state index in [0.717, 1.165) is 16.5 Å². The van der Waals surface area contributed by atoms with Crippen molar-refractivity contribution in [2.45, 2.75) is 26.3 Å². The minimum Gasteiger partial charge on any atom is -0.482 e. The monoisotopic (exact) mass is 405 g/mol. The molecule has 30 heavy (non-hydrogen) atoms. The van der Waals surface area contributed by atoms with Crippen molar-refractivity contribution in [3.8, 4) is 5.75 Å². The Morgan fingerprint density at radius 1 is 1.23 bits per heavy atom. The van der Waals surface area contributed by atoms with Gasteiger partial charge < -0.3 is 15.0 Å². The van der Waals surface area contributed by atoms with Crippen molar-refractivity contribution in [2.24, 2.45) is 0 Å². The highest BCUT2D eigenvalue weighted by molar-refractivity contribution is 6.05. The highest BCUT2D eigenvalue weighted by Crippen LogP contribution is 2.34. The summed E-state index contributed by atoms with van der Waals surface area (Å²) in [5.74, 6) is -0.212. The Labute approximate surface area is 174 Å². The second kappa shape index (κ2) is 8.02. The molecule has 1 aliphatic rings. The summed E-state index contributed by atoms with van der Waals surface area (Å²) in [7, 11) is 0. The zero-order valence-electron chi connectivity index (χ0n) is 16.9. The largest absolute Gasteiger partial charge is 0.482 e. The average Bonchev–Trinajstić information content (AvgIpc) is 3.16. The molecule has 0 radical (unpaired) electrons. The molecule has 0 spiro atoms. The highest BCUT2D eigenvalue weighted by atomic mass is 16.5. The number of nitrogens with one attached hydrogen (secondary N) is 2. The molecule has 7 nitrogen and oxygen atoms in total. The second-order valence-corrected chi connectivity index (χ2v) is 7.37. The third kappa shape index (κ3) is 3.66. The third-order valence-electron chi connectivity index (χ3n) is 5.38. The third-order valence-corrected chi connectivity index (χ3v) is 5.38. The molecule has 0 aliphatic carbocycles. The summed E-state index contributed by atoms with van der Waals surface area (Å²) in [6.45, 7) is 3.44. The standard InChI is InChI=1S/C23H23N3O4/c1-14(23(29)24-10-9-17-12-25-19-6-4-3-5-18(17)19)26-20-11-16(15(2)27)7-8-21(20)30-13-22(26)28/h3-8,11-12,14,25H,9-10,13H2,1-2H3,(H,24,29). The van der Waals surface area contributed by atoms with E-state index in [1.807, 2.05) is 30.5 Å². The molecular weight excluding hydrogens is 382 g/mol. The molecule has 1 unspecified atom stereocenters. The van der Waals surface area contributed by atoms with Crippen LogP contribution in [0, 0.1) is 0 Å². The van der Waals surface area contributed by atoms with Gasteiger partial charge in [-0.1, -0.05) is 18.2 Å². The normalized spacial score (nSPS) is 14.2. The van der Waals surface area contributed by atoms with Crippen molar-refractivity contribution in [1.29, 1.82) is 0 Å². The number of nitrogens with zero attached hydrogens (tertiary/aromatic N) is 1. The molecule has 0 fully saturated rings. The number of para-hydroxylation sites is 1. The first kappa shape index (κ1) is 19.7. The maximum Gasteiger partial charge on any atom is 0.265 e. The molecule has 3 aromatic rings. The summed E-state index contributed by atoms with van der Waals surface area (Å²) in [6.07, 6.45) is 2.62. The molecular formula is C23H23N3O4. The van der Waals surface area contributed by atoms with Crippen molar-refractivity contribution in [2.75, 3.05) is 18.1 Å². The summed E-state index contributed by atoms with van der Waals surface area (Å²) < 4.78 is 5.46. The van der Waals surface area contributed by atoms with Gasteiger partial charge in [0.2, 0.25) is 5.91 Å². The van der Waals surface area contributed by atoms with Crippen molar-refractivity contribution < 1.29 is 19.1 Å². The lowest BCUT2D eigenvalue weighted by Gasteiger charge is -2.33. The van der Waals surface area contributed by atoms with E-state index in [9.17, 15) is 14.4 Å². The van der Waals surface area contributed by atoms with Crippen LogP contribution in [0.15, 0.2) is 48.7 Å². The molecule has 0 saturated carbocycles. The van der Waals surface area contributed by atoms with Gasteiger partial charge in [-0.15, -0.1) is 0 Å². The summed E-state index contributed by atoms with van der Waals surface area (Å²) in [4.78, 5) is 41.7. The van der Waals surface area contributed by atoms with Crippen LogP contribution < -0.4 is 15.0 Å². The fourth-order valence-corrected chi connectivity index (χ4v) is 3.74. The number of fused-ring (bicyclic) bond motifs is 2. The van der Waals surface area contributed by atoms with Gasteiger partial charge in [-0.25, -0.2) is 0 Å². The summed E-state index contributed by atoms with van der Waals surface area (Å²) >= 11 is 0. The molecule has 154 valence electrons. The van der Waals surface area contributed by atoms with Gasteiger partial charge in [0.05, 0.1) is 5.69 Å². The topological polar surface area (TPSA) is 91.5 Å². The Hall–Kier alpha value is -3.61. The zero-order valence-corrected chi connectivity index (χ0v) is 16.9. The van der Waals surface area contributed by atoms with Crippen molar-refractivity contribution in [3.63, 3.8) is 0 Å². The predicted molar refractivity (Wildman–Crippen MR) is 114 cm³/mol. The molecule has 2 aromatic carbocycles. The van der Waals surface area contributed by atoms with E-state index >= 15 is 0 Å². The van der Waals surface area contributed by atoms with Crippen LogP contribution in [0.25, 0.3) is 10.9 Å². The second-order valence-electron chi connectivity index (χ2n) is 7.37. The van der Waals surface area contributed by atoms with Crippen molar-refractivity contribution in [1.82, 2.24) is 10.3 Å². The number of aromatic nitrogens is 1. The number of hydrogen-bond donors (Lipinski definition) is 2. The van der Waals surface area contributed by atoms with E-state index in [1.54, 1.807) is 25.1 Å². The first-order valence-corrected chi connectivity index (χ1v) is 9.88. The van der Waals surface area contributed by atoms with Crippen LogP contribution in [-0.2, 0) is 16.0 Å². The number of amides is 2. The van der Waals surface area contributed by atoms with Gasteiger partial charge in [0, 0.05) is 29.2 Å². The van der Waals surface area contributed by atoms with Crippen LogP contribution in [-0.4, -0.2) is 41.8 Å². The number of ketones is 1. The van der Waals surface area contributed by atoms with Gasteiger partial charge in [-0.05, 0) is 50.1 Å². The number of ether oxygens (including phenoxy) is 1. The van der Waals surface area contributed by atoms with Gasteiger partial charge >= 0.3 is 0 Å². The molecule has 0 bridgehead atoms. The van der Waals surface area contributed by atoms with Crippen LogP contribution in [0.3, 0.4) is 0 Å². The van der Waals surface area contributed by atoms with Crippen molar-refractivity contribution >= 4 is 34.2 Å². The summed E-state index contributed by atoms with van der Waals surface area (Å²) in [5, 5.41) is 4.05. The summed E-state index contributed by atoms with van der Waals surface area (Å²) in [5.41, 5.74) is 3.09. The summed E-state index contributed by atoms with van der Waals surface area (Å²) in [6, 6.07) is 12.2. The van der Waals surface area contributed by atoms with E-state index in [2.05, 4.69) is 10.3 Å². The van der Waals surface area contributed by atoms with Crippen molar-refractivity contribution in [3.05, 3.63) is 59.8 Å². The Morgan fingerprint density at radius 3 is 2.83 bits per heavy atom. The number of Topliss-reactive ketones (excluding diaryl/α,β-unsaturated/α-hetero) is 1.